The van der Waals surface area contributed by atoms with Crippen LogP contribution < -0.4 is 10.1 Å². The Hall–Kier alpha value is -2.79. The zero-order chi connectivity index (χ0) is 18.5. The number of nitrogens with zero attached hydrogens (tertiary/aromatic N) is 1. The Morgan fingerprint density at radius 2 is 1.88 bits per heavy atom. The number of methoxy groups -OCH3 is 1. The Morgan fingerprint density at radius 1 is 1.08 bits per heavy atom. The second-order valence-electron chi connectivity index (χ2n) is 5.88. The molecule has 0 saturated carbocycles. The zero-order valence-electron chi connectivity index (χ0n) is 14.9. The molecule has 0 radical (unpaired) electrons. The topological polar surface area (TPSA) is 51.2 Å². The van der Waals surface area contributed by atoms with Gasteiger partial charge in [-0.25, -0.2) is 4.98 Å². The number of carbonyl (C=O) groups excluding carboxylic acids is 1. The van der Waals surface area contributed by atoms with Crippen molar-refractivity contribution in [2.45, 2.75) is 23.8 Å². The number of carbonyl (C=O) groups is 1. The monoisotopic (exact) mass is 364 g/mol. The van der Waals surface area contributed by atoms with Gasteiger partial charge in [0, 0.05) is 11.1 Å². The summed E-state index contributed by atoms with van der Waals surface area (Å²) < 4.78 is 5.30. The lowest BCUT2D eigenvalue weighted by Gasteiger charge is -2.12. The zero-order valence-corrected chi connectivity index (χ0v) is 15.8. The van der Waals surface area contributed by atoms with Crippen molar-refractivity contribution in [3.63, 3.8) is 0 Å². The van der Waals surface area contributed by atoms with Gasteiger partial charge in [0.05, 0.1) is 18.4 Å². The number of benzene rings is 2. The minimum atomic E-state index is -0.213. The largest absolute Gasteiger partial charge is 0.495 e. The molecule has 0 fully saturated rings. The van der Waals surface area contributed by atoms with Crippen LogP contribution in [0, 0.1) is 13.8 Å². The van der Waals surface area contributed by atoms with E-state index in [0.717, 1.165) is 10.5 Å². The van der Waals surface area contributed by atoms with E-state index in [1.54, 1.807) is 25.4 Å². The van der Waals surface area contributed by atoms with Crippen LogP contribution in [0.25, 0.3) is 0 Å². The van der Waals surface area contributed by atoms with Gasteiger partial charge in [-0.3, -0.25) is 4.79 Å². The van der Waals surface area contributed by atoms with Crippen molar-refractivity contribution in [3.05, 3.63) is 77.5 Å². The molecule has 1 amide bonds. The predicted octanol–water partition coefficient (Wildman–Crippen LogP) is 5.11. The molecular weight excluding hydrogens is 344 g/mol. The van der Waals surface area contributed by atoms with Crippen molar-refractivity contribution in [2.24, 2.45) is 0 Å². The Balaban J connectivity index is 1.88. The Kier molecular flexibility index (Phi) is 5.58. The number of aromatic nitrogens is 1. The van der Waals surface area contributed by atoms with Crippen molar-refractivity contribution in [3.8, 4) is 5.75 Å². The van der Waals surface area contributed by atoms with Crippen LogP contribution in [0.3, 0.4) is 0 Å². The van der Waals surface area contributed by atoms with Gasteiger partial charge < -0.3 is 10.1 Å². The molecule has 0 bridgehead atoms. The number of anilines is 1. The van der Waals surface area contributed by atoms with Crippen LogP contribution in [0.1, 0.15) is 21.5 Å². The maximum Gasteiger partial charge on any atom is 0.258 e. The van der Waals surface area contributed by atoms with E-state index in [1.165, 1.54) is 17.3 Å². The van der Waals surface area contributed by atoms with Crippen molar-refractivity contribution < 1.29 is 9.53 Å². The number of pyridine rings is 1. The van der Waals surface area contributed by atoms with Gasteiger partial charge in [-0.1, -0.05) is 41.6 Å². The van der Waals surface area contributed by atoms with Crippen LogP contribution in [-0.2, 0) is 0 Å². The molecule has 1 heterocycles. The van der Waals surface area contributed by atoms with Gasteiger partial charge in [0.2, 0.25) is 0 Å². The van der Waals surface area contributed by atoms with Crippen molar-refractivity contribution in [1.29, 1.82) is 0 Å². The van der Waals surface area contributed by atoms with Crippen LogP contribution >= 0.6 is 11.8 Å². The van der Waals surface area contributed by atoms with Crippen LogP contribution in [-0.4, -0.2) is 18.0 Å². The molecule has 3 rings (SSSR count). The Morgan fingerprint density at radius 3 is 2.65 bits per heavy atom. The van der Waals surface area contributed by atoms with E-state index in [2.05, 4.69) is 42.3 Å². The van der Waals surface area contributed by atoms with E-state index in [1.807, 2.05) is 24.3 Å². The third-order valence-electron chi connectivity index (χ3n) is 3.91. The Labute approximate surface area is 157 Å². The summed E-state index contributed by atoms with van der Waals surface area (Å²) >= 11 is 1.50. The summed E-state index contributed by atoms with van der Waals surface area (Å²) in [5.74, 6) is 0.406. The fourth-order valence-electron chi connectivity index (χ4n) is 2.60. The molecule has 0 unspecified atom stereocenters. The smallest absolute Gasteiger partial charge is 0.258 e. The molecule has 1 aromatic heterocycles. The number of nitrogens with one attached hydrogen (secondary N) is 1. The minimum absolute atomic E-state index is 0.213. The molecule has 5 heteroatoms. The molecular formula is C21H20N2O2S. The van der Waals surface area contributed by atoms with Crippen LogP contribution in [0.15, 0.2) is 70.7 Å². The molecule has 1 N–H and O–H groups in total. The highest BCUT2D eigenvalue weighted by atomic mass is 32.2. The number of aryl methyl sites for hydroxylation is 2. The average molecular weight is 364 g/mol. The first kappa shape index (κ1) is 18.0. The molecule has 26 heavy (non-hydrogen) atoms. The van der Waals surface area contributed by atoms with E-state index in [4.69, 9.17) is 4.74 Å². The average Bonchev–Trinajstić information content (AvgIpc) is 2.65. The summed E-state index contributed by atoms with van der Waals surface area (Å²) in [6.07, 6.45) is 1.70. The molecule has 4 nitrogen and oxygen atoms in total. The summed E-state index contributed by atoms with van der Waals surface area (Å²) in [6, 6.07) is 17.1. The Bertz CT molecular complexity index is 941. The number of para-hydroxylation sites is 2. The molecule has 0 aliphatic heterocycles. The van der Waals surface area contributed by atoms with Crippen molar-refractivity contribution in [2.75, 3.05) is 12.4 Å². The van der Waals surface area contributed by atoms with Gasteiger partial charge in [0.1, 0.15) is 10.8 Å². The molecule has 0 aliphatic rings. The van der Waals surface area contributed by atoms with E-state index in [9.17, 15) is 4.79 Å². The maximum absolute atomic E-state index is 12.8. The third kappa shape index (κ3) is 4.06. The normalized spacial score (nSPS) is 10.4. The fraction of sp³-hybridized carbons (Fsp3) is 0.143. The van der Waals surface area contributed by atoms with Gasteiger partial charge in [0.15, 0.2) is 0 Å². The van der Waals surface area contributed by atoms with E-state index >= 15 is 0 Å². The van der Waals surface area contributed by atoms with Gasteiger partial charge in [-0.05, 0) is 49.7 Å². The van der Waals surface area contributed by atoms with Crippen LogP contribution in [0.5, 0.6) is 5.75 Å². The van der Waals surface area contributed by atoms with E-state index < -0.39 is 0 Å². The quantitative estimate of drug-likeness (QED) is 0.683. The lowest BCUT2D eigenvalue weighted by molar-refractivity contribution is 0.102. The second kappa shape index (κ2) is 8.06. The first-order valence-corrected chi connectivity index (χ1v) is 9.04. The van der Waals surface area contributed by atoms with Crippen molar-refractivity contribution in [1.82, 2.24) is 4.98 Å². The molecule has 0 atom stereocenters. The summed E-state index contributed by atoms with van der Waals surface area (Å²) in [5, 5.41) is 3.58. The van der Waals surface area contributed by atoms with Crippen LogP contribution in [0.2, 0.25) is 0 Å². The summed E-state index contributed by atoms with van der Waals surface area (Å²) in [4.78, 5) is 18.3. The van der Waals surface area contributed by atoms with Gasteiger partial charge >= 0.3 is 0 Å². The van der Waals surface area contributed by atoms with Crippen LogP contribution in [0.4, 0.5) is 5.69 Å². The molecule has 0 aliphatic carbocycles. The summed E-state index contributed by atoms with van der Waals surface area (Å²) in [7, 11) is 1.58. The van der Waals surface area contributed by atoms with Gasteiger partial charge in [-0.2, -0.15) is 0 Å². The summed E-state index contributed by atoms with van der Waals surface area (Å²) in [5.41, 5.74) is 3.54. The summed E-state index contributed by atoms with van der Waals surface area (Å²) in [6.45, 7) is 4.13. The van der Waals surface area contributed by atoms with E-state index in [-0.39, 0.29) is 5.91 Å². The first-order valence-electron chi connectivity index (χ1n) is 8.23. The highest BCUT2D eigenvalue weighted by Crippen LogP contribution is 2.32. The second-order valence-corrected chi connectivity index (χ2v) is 6.91. The molecule has 3 aromatic rings. The fourth-order valence-corrected chi connectivity index (χ4v) is 3.55. The lowest BCUT2D eigenvalue weighted by Crippen LogP contribution is -2.14. The number of rotatable bonds is 5. The lowest BCUT2D eigenvalue weighted by atomic mass is 10.2. The molecule has 2 aromatic carbocycles. The predicted molar refractivity (Wildman–Crippen MR) is 105 cm³/mol. The number of hydrogen-bond donors (Lipinski definition) is 1. The molecule has 0 spiro atoms. The van der Waals surface area contributed by atoms with Gasteiger partial charge in [0.25, 0.3) is 5.91 Å². The molecule has 0 saturated heterocycles. The standard InChI is InChI=1S/C21H20N2O2S/c1-14-10-11-19(15(2)13-14)26-21-16(7-6-12-22-21)20(24)23-17-8-4-5-9-18(17)25-3/h4-13H,1-3H3,(H,23,24). The number of amides is 1. The highest BCUT2D eigenvalue weighted by Gasteiger charge is 2.16. The first-order chi connectivity index (χ1) is 12.6. The maximum atomic E-state index is 12.8. The SMILES string of the molecule is COc1ccccc1NC(=O)c1cccnc1Sc1ccc(C)cc1C. The number of hydrogen-bond acceptors (Lipinski definition) is 4. The van der Waals surface area contributed by atoms with E-state index in [0.29, 0.717) is 22.0 Å². The third-order valence-corrected chi connectivity index (χ3v) is 5.10. The molecule has 132 valence electrons. The highest BCUT2D eigenvalue weighted by molar-refractivity contribution is 7.99. The van der Waals surface area contributed by atoms with Gasteiger partial charge in [-0.15, -0.1) is 0 Å². The van der Waals surface area contributed by atoms with Crippen molar-refractivity contribution >= 4 is 23.4 Å². The minimum Gasteiger partial charge on any atom is -0.495 e. The number of ether oxygens (including phenoxy) is 1.